The van der Waals surface area contributed by atoms with Crippen molar-refractivity contribution in [3.63, 3.8) is 0 Å². The second kappa shape index (κ2) is 6.16. The van der Waals surface area contributed by atoms with Crippen molar-refractivity contribution in [3.05, 3.63) is 54.1 Å². The molecule has 1 aromatic heterocycles. The lowest BCUT2D eigenvalue weighted by Gasteiger charge is -2.37. The zero-order valence-corrected chi connectivity index (χ0v) is 13.8. The molecule has 1 aliphatic rings. The Morgan fingerprint density at radius 1 is 1.41 bits per heavy atom. The predicted octanol–water partition coefficient (Wildman–Crippen LogP) is 2.90. The van der Waals surface area contributed by atoms with Gasteiger partial charge in [-0.25, -0.2) is 4.98 Å². The Bertz CT molecular complexity index is 652. The molecule has 0 bridgehead atoms. The first-order chi connectivity index (χ1) is 10.5. The number of imidazole rings is 1. The highest BCUT2D eigenvalue weighted by Gasteiger charge is 2.30. The Hall–Kier alpha value is -1.75. The SMILES string of the molecule is CC1(C)CN(C(=O)c2cccc(Cn3ccnc3)c2)CCS1. The lowest BCUT2D eigenvalue weighted by atomic mass is 10.1. The topological polar surface area (TPSA) is 38.1 Å². The monoisotopic (exact) mass is 315 g/mol. The van der Waals surface area contributed by atoms with Crippen LogP contribution in [0.15, 0.2) is 43.0 Å². The molecule has 1 fully saturated rings. The molecule has 1 aliphatic heterocycles. The summed E-state index contributed by atoms with van der Waals surface area (Å²) in [6.45, 7) is 6.78. The Morgan fingerprint density at radius 3 is 3.00 bits per heavy atom. The summed E-state index contributed by atoms with van der Waals surface area (Å²) in [7, 11) is 0. The molecule has 0 spiro atoms. The van der Waals surface area contributed by atoms with E-state index in [1.165, 1.54) is 0 Å². The Morgan fingerprint density at radius 2 is 2.27 bits per heavy atom. The minimum atomic E-state index is 0.140. The molecule has 3 rings (SSSR count). The number of benzene rings is 1. The van der Waals surface area contributed by atoms with Gasteiger partial charge in [0.15, 0.2) is 0 Å². The van der Waals surface area contributed by atoms with E-state index in [-0.39, 0.29) is 10.7 Å². The van der Waals surface area contributed by atoms with Gasteiger partial charge in [0.2, 0.25) is 0 Å². The summed E-state index contributed by atoms with van der Waals surface area (Å²) in [5, 5.41) is 0. The minimum Gasteiger partial charge on any atom is -0.336 e. The lowest BCUT2D eigenvalue weighted by molar-refractivity contribution is 0.0748. The summed E-state index contributed by atoms with van der Waals surface area (Å²) in [5.74, 6) is 1.15. The van der Waals surface area contributed by atoms with Crippen LogP contribution in [0.25, 0.3) is 0 Å². The highest BCUT2D eigenvalue weighted by atomic mass is 32.2. The maximum atomic E-state index is 12.7. The van der Waals surface area contributed by atoms with E-state index in [2.05, 4.69) is 18.8 Å². The molecule has 116 valence electrons. The van der Waals surface area contributed by atoms with Gasteiger partial charge < -0.3 is 9.47 Å². The van der Waals surface area contributed by atoms with Crippen LogP contribution in [-0.2, 0) is 6.54 Å². The third-order valence-corrected chi connectivity index (χ3v) is 5.11. The number of hydrogen-bond donors (Lipinski definition) is 0. The summed E-state index contributed by atoms with van der Waals surface area (Å²) in [6, 6.07) is 7.92. The first-order valence-electron chi connectivity index (χ1n) is 7.51. The van der Waals surface area contributed by atoms with Crippen molar-refractivity contribution in [2.75, 3.05) is 18.8 Å². The van der Waals surface area contributed by atoms with Gasteiger partial charge >= 0.3 is 0 Å². The predicted molar refractivity (Wildman–Crippen MR) is 90.2 cm³/mol. The number of nitrogens with zero attached hydrogens (tertiary/aromatic N) is 3. The zero-order chi connectivity index (χ0) is 15.6. The fraction of sp³-hybridized carbons (Fsp3) is 0.412. The number of thioether (sulfide) groups is 1. The molecule has 2 aromatic rings. The highest BCUT2D eigenvalue weighted by Crippen LogP contribution is 2.30. The van der Waals surface area contributed by atoms with E-state index in [4.69, 9.17) is 0 Å². The smallest absolute Gasteiger partial charge is 0.253 e. The quantitative estimate of drug-likeness (QED) is 0.874. The molecule has 4 nitrogen and oxygen atoms in total. The molecule has 22 heavy (non-hydrogen) atoms. The molecule has 0 atom stereocenters. The fourth-order valence-corrected chi connectivity index (χ4v) is 3.88. The van der Waals surface area contributed by atoms with E-state index in [9.17, 15) is 4.79 Å². The minimum absolute atomic E-state index is 0.140. The van der Waals surface area contributed by atoms with Crippen LogP contribution >= 0.6 is 11.8 Å². The Balaban J connectivity index is 1.75. The number of carbonyl (C=O) groups excluding carboxylic acids is 1. The van der Waals surface area contributed by atoms with Crippen molar-refractivity contribution in [1.29, 1.82) is 0 Å². The third kappa shape index (κ3) is 3.53. The molecule has 1 aromatic carbocycles. The van der Waals surface area contributed by atoms with E-state index in [0.717, 1.165) is 36.5 Å². The van der Waals surface area contributed by atoms with Crippen molar-refractivity contribution in [3.8, 4) is 0 Å². The summed E-state index contributed by atoms with van der Waals surface area (Å²) < 4.78 is 2.15. The summed E-state index contributed by atoms with van der Waals surface area (Å²) in [6.07, 6.45) is 5.49. The molecular formula is C17H21N3OS. The summed E-state index contributed by atoms with van der Waals surface area (Å²) in [5.41, 5.74) is 1.90. The highest BCUT2D eigenvalue weighted by molar-refractivity contribution is 8.00. The average Bonchev–Trinajstić information content (AvgIpc) is 2.98. The first-order valence-corrected chi connectivity index (χ1v) is 8.50. The lowest BCUT2D eigenvalue weighted by Crippen LogP contribution is -2.46. The van der Waals surface area contributed by atoms with Gasteiger partial charge in [-0.15, -0.1) is 0 Å². The Kier molecular flexibility index (Phi) is 4.25. The van der Waals surface area contributed by atoms with E-state index in [0.29, 0.717) is 0 Å². The van der Waals surface area contributed by atoms with Gasteiger partial charge in [-0.05, 0) is 31.5 Å². The van der Waals surface area contributed by atoms with Crippen molar-refractivity contribution in [2.45, 2.75) is 25.1 Å². The van der Waals surface area contributed by atoms with Gasteiger partial charge in [-0.3, -0.25) is 4.79 Å². The van der Waals surface area contributed by atoms with Crippen molar-refractivity contribution in [2.24, 2.45) is 0 Å². The third-order valence-electron chi connectivity index (χ3n) is 3.81. The molecule has 0 aliphatic carbocycles. The van der Waals surface area contributed by atoms with E-state index in [1.807, 2.05) is 51.7 Å². The second-order valence-electron chi connectivity index (χ2n) is 6.27. The van der Waals surface area contributed by atoms with Gasteiger partial charge in [-0.2, -0.15) is 11.8 Å². The molecule has 0 N–H and O–H groups in total. The van der Waals surface area contributed by atoms with Crippen LogP contribution in [-0.4, -0.2) is 43.9 Å². The molecule has 5 heteroatoms. The molecule has 2 heterocycles. The number of carbonyl (C=O) groups is 1. The molecule has 0 unspecified atom stereocenters. The van der Waals surface area contributed by atoms with Crippen molar-refractivity contribution < 1.29 is 4.79 Å². The number of aromatic nitrogens is 2. The molecule has 1 amide bonds. The van der Waals surface area contributed by atoms with Gasteiger partial charge in [0, 0.05) is 48.1 Å². The maximum Gasteiger partial charge on any atom is 0.253 e. The van der Waals surface area contributed by atoms with Gasteiger partial charge in [0.1, 0.15) is 0 Å². The molecular weight excluding hydrogens is 294 g/mol. The van der Waals surface area contributed by atoms with Crippen molar-refractivity contribution in [1.82, 2.24) is 14.5 Å². The van der Waals surface area contributed by atoms with Gasteiger partial charge in [0.05, 0.1) is 6.33 Å². The zero-order valence-electron chi connectivity index (χ0n) is 13.0. The Labute approximate surface area is 135 Å². The van der Waals surface area contributed by atoms with Crippen LogP contribution < -0.4 is 0 Å². The van der Waals surface area contributed by atoms with Crippen LogP contribution in [0.2, 0.25) is 0 Å². The number of hydrogen-bond acceptors (Lipinski definition) is 3. The van der Waals surface area contributed by atoms with Crippen LogP contribution in [0.3, 0.4) is 0 Å². The van der Waals surface area contributed by atoms with Gasteiger partial charge in [-0.1, -0.05) is 12.1 Å². The van der Waals surface area contributed by atoms with Gasteiger partial charge in [0.25, 0.3) is 5.91 Å². The molecule has 1 saturated heterocycles. The van der Waals surface area contributed by atoms with Crippen molar-refractivity contribution >= 4 is 17.7 Å². The number of rotatable bonds is 3. The summed E-state index contributed by atoms with van der Waals surface area (Å²) >= 11 is 1.94. The van der Waals surface area contributed by atoms with Crippen LogP contribution in [0.5, 0.6) is 0 Å². The van der Waals surface area contributed by atoms with Crippen LogP contribution in [0, 0.1) is 0 Å². The summed E-state index contributed by atoms with van der Waals surface area (Å²) in [4.78, 5) is 18.8. The average molecular weight is 315 g/mol. The van der Waals surface area contributed by atoms with E-state index >= 15 is 0 Å². The molecule has 0 radical (unpaired) electrons. The fourth-order valence-electron chi connectivity index (χ4n) is 2.77. The normalized spacial score (nSPS) is 17.5. The molecule has 0 saturated carbocycles. The largest absolute Gasteiger partial charge is 0.336 e. The standard InChI is InChI=1S/C17H21N3OS/c1-17(2)12-20(8-9-22-17)16(21)15-5-3-4-14(10-15)11-19-7-6-18-13-19/h3-7,10,13H,8-9,11-12H2,1-2H3. The van der Waals surface area contributed by atoms with E-state index < -0.39 is 0 Å². The van der Waals surface area contributed by atoms with Crippen LogP contribution in [0.4, 0.5) is 0 Å². The maximum absolute atomic E-state index is 12.7. The number of amides is 1. The van der Waals surface area contributed by atoms with E-state index in [1.54, 1.807) is 12.5 Å². The second-order valence-corrected chi connectivity index (χ2v) is 8.07. The van der Waals surface area contributed by atoms with Crippen LogP contribution in [0.1, 0.15) is 29.8 Å². The first kappa shape index (κ1) is 15.2.